The maximum Gasteiger partial charge on any atom is 0.123 e. The summed E-state index contributed by atoms with van der Waals surface area (Å²) < 4.78 is 13.4. The van der Waals surface area contributed by atoms with Crippen molar-refractivity contribution in [3.05, 3.63) is 78.3 Å². The van der Waals surface area contributed by atoms with Crippen LogP contribution >= 0.6 is 11.8 Å². The summed E-state index contributed by atoms with van der Waals surface area (Å²) >= 11 is 2.00. The van der Waals surface area contributed by atoms with Crippen molar-refractivity contribution >= 4 is 11.8 Å². The number of thioether (sulfide) groups is 1. The van der Waals surface area contributed by atoms with Gasteiger partial charge < -0.3 is 10.0 Å². The molecule has 202 valence electrons. The van der Waals surface area contributed by atoms with Crippen LogP contribution in [0.4, 0.5) is 4.39 Å². The zero-order valence-electron chi connectivity index (χ0n) is 22.5. The predicted octanol–water partition coefficient (Wildman–Crippen LogP) is 7.76. The Hall–Kier alpha value is -1.82. The highest BCUT2D eigenvalue weighted by atomic mass is 32.2. The summed E-state index contributed by atoms with van der Waals surface area (Å²) in [7, 11) is 2.23. The lowest BCUT2D eigenvalue weighted by Gasteiger charge is -2.34. The monoisotopic (exact) mass is 524 g/mol. The lowest BCUT2D eigenvalue weighted by Crippen LogP contribution is -2.37. The molecule has 2 aliphatic heterocycles. The van der Waals surface area contributed by atoms with Crippen molar-refractivity contribution < 1.29 is 9.50 Å². The number of halogens is 1. The lowest BCUT2D eigenvalue weighted by molar-refractivity contribution is 0.153. The number of aliphatic hydroxyl groups is 1. The van der Waals surface area contributed by atoms with E-state index in [0.717, 1.165) is 43.3 Å². The molecular weight excluding hydrogens is 479 g/mol. The number of likely N-dealkylation sites (tertiary alicyclic amines) is 2. The molecule has 1 N–H and O–H groups in total. The summed E-state index contributed by atoms with van der Waals surface area (Å²) in [6.45, 7) is 8.21. The minimum atomic E-state index is -0.163. The smallest absolute Gasteiger partial charge is 0.123 e. The van der Waals surface area contributed by atoms with Gasteiger partial charge in [-0.25, -0.2) is 4.39 Å². The van der Waals surface area contributed by atoms with Gasteiger partial charge in [0.15, 0.2) is 0 Å². The van der Waals surface area contributed by atoms with Crippen LogP contribution in [-0.2, 0) is 0 Å². The second-order valence-corrected chi connectivity index (χ2v) is 12.4. The lowest BCUT2D eigenvalue weighted by atomic mass is 9.80. The summed E-state index contributed by atoms with van der Waals surface area (Å²) in [5.74, 6) is 3.48. The van der Waals surface area contributed by atoms with Crippen molar-refractivity contribution in [2.24, 2.45) is 11.8 Å². The Bertz CT molecular complexity index is 958. The third-order valence-electron chi connectivity index (χ3n) is 8.52. The highest BCUT2D eigenvalue weighted by Crippen LogP contribution is 2.36. The normalized spacial score (nSPS) is 22.2. The van der Waals surface area contributed by atoms with Crippen LogP contribution in [0, 0.1) is 17.7 Å². The molecule has 5 rings (SSSR count). The number of piperidine rings is 1. The number of nitrogens with zero attached hydrogens (tertiary/aromatic N) is 2. The average Bonchev–Trinajstić information content (AvgIpc) is 3.35. The molecule has 1 aliphatic carbocycles. The molecule has 2 aromatic carbocycles. The van der Waals surface area contributed by atoms with Crippen molar-refractivity contribution in [3.8, 4) is 0 Å². The SMILES string of the molecule is C=C(O)C(CC1CCC1)N1CCC(c2cccc(F)c2)C1.CN1CCC(CCSc2ccccc2)CC1. The van der Waals surface area contributed by atoms with Gasteiger partial charge >= 0.3 is 0 Å². The van der Waals surface area contributed by atoms with Gasteiger partial charge in [-0.2, -0.15) is 0 Å². The van der Waals surface area contributed by atoms with Crippen LogP contribution in [0.5, 0.6) is 0 Å². The molecule has 1 saturated carbocycles. The Labute approximate surface area is 228 Å². The molecule has 0 bridgehead atoms. The number of aliphatic hydroxyl groups excluding tert-OH is 1. The number of hydrogen-bond acceptors (Lipinski definition) is 4. The Kier molecular flexibility index (Phi) is 10.9. The third kappa shape index (κ3) is 8.87. The Morgan fingerprint density at radius 3 is 2.41 bits per heavy atom. The second kappa shape index (κ2) is 14.4. The zero-order chi connectivity index (χ0) is 26.0. The van der Waals surface area contributed by atoms with Crippen molar-refractivity contribution in [1.82, 2.24) is 9.80 Å². The van der Waals surface area contributed by atoms with Gasteiger partial charge in [0.05, 0.1) is 6.04 Å². The fraction of sp³-hybridized carbons (Fsp3) is 0.562. The van der Waals surface area contributed by atoms with Gasteiger partial charge in [0.1, 0.15) is 11.6 Å². The van der Waals surface area contributed by atoms with Gasteiger partial charge in [-0.1, -0.05) is 56.2 Å². The molecule has 2 saturated heterocycles. The summed E-state index contributed by atoms with van der Waals surface area (Å²) in [6.07, 6.45) is 10.1. The summed E-state index contributed by atoms with van der Waals surface area (Å²) in [5, 5.41) is 9.95. The molecule has 3 aliphatic rings. The number of benzene rings is 2. The van der Waals surface area contributed by atoms with Gasteiger partial charge in [0.25, 0.3) is 0 Å². The minimum Gasteiger partial charge on any atom is -0.511 e. The van der Waals surface area contributed by atoms with Gasteiger partial charge in [0, 0.05) is 11.4 Å². The van der Waals surface area contributed by atoms with Crippen molar-refractivity contribution in [1.29, 1.82) is 0 Å². The Morgan fingerprint density at radius 1 is 1.00 bits per heavy atom. The fourth-order valence-corrected chi connectivity index (χ4v) is 6.89. The van der Waals surface area contributed by atoms with Crippen LogP contribution < -0.4 is 0 Å². The maximum atomic E-state index is 13.4. The number of rotatable bonds is 9. The van der Waals surface area contributed by atoms with E-state index in [2.05, 4.69) is 53.8 Å². The van der Waals surface area contributed by atoms with Crippen LogP contribution in [0.1, 0.15) is 62.8 Å². The second-order valence-electron chi connectivity index (χ2n) is 11.3. The first kappa shape index (κ1) is 28.2. The van der Waals surface area contributed by atoms with Crippen LogP contribution in [0.3, 0.4) is 0 Å². The van der Waals surface area contributed by atoms with E-state index in [1.54, 1.807) is 12.1 Å². The van der Waals surface area contributed by atoms with E-state index >= 15 is 0 Å². The summed E-state index contributed by atoms with van der Waals surface area (Å²) in [4.78, 5) is 6.19. The summed E-state index contributed by atoms with van der Waals surface area (Å²) in [5.41, 5.74) is 1.07. The van der Waals surface area contributed by atoms with E-state index in [4.69, 9.17) is 0 Å². The topological polar surface area (TPSA) is 26.7 Å². The molecule has 3 nitrogen and oxygen atoms in total. The molecule has 5 heteroatoms. The molecule has 2 aromatic rings. The van der Waals surface area contributed by atoms with E-state index in [1.165, 1.54) is 68.3 Å². The van der Waals surface area contributed by atoms with Gasteiger partial charge in [0.2, 0.25) is 0 Å². The molecule has 2 atom stereocenters. The quantitative estimate of drug-likeness (QED) is 0.268. The maximum absolute atomic E-state index is 13.4. The van der Waals surface area contributed by atoms with Crippen LogP contribution in [0.2, 0.25) is 0 Å². The van der Waals surface area contributed by atoms with Gasteiger partial charge in [-0.3, -0.25) is 4.90 Å². The molecule has 3 fully saturated rings. The van der Waals surface area contributed by atoms with Crippen LogP contribution in [-0.4, -0.2) is 59.9 Å². The first-order valence-corrected chi connectivity index (χ1v) is 15.2. The molecule has 0 amide bonds. The molecule has 0 spiro atoms. The first-order valence-electron chi connectivity index (χ1n) is 14.2. The highest BCUT2D eigenvalue weighted by Gasteiger charge is 2.33. The third-order valence-corrected chi connectivity index (χ3v) is 9.57. The van der Waals surface area contributed by atoms with Gasteiger partial charge in [-0.05, 0) is 112 Å². The van der Waals surface area contributed by atoms with E-state index in [1.807, 2.05) is 17.8 Å². The number of hydrogen-bond donors (Lipinski definition) is 1. The van der Waals surface area contributed by atoms with E-state index in [-0.39, 0.29) is 11.9 Å². The average molecular weight is 525 g/mol. The van der Waals surface area contributed by atoms with Crippen molar-refractivity contribution in [2.75, 3.05) is 39.0 Å². The minimum absolute atomic E-state index is 0.0776. The van der Waals surface area contributed by atoms with Crippen LogP contribution in [0.15, 0.2) is 71.8 Å². The van der Waals surface area contributed by atoms with Crippen LogP contribution in [0.25, 0.3) is 0 Å². The molecular formula is C32H45FN2OS. The standard InChI is InChI=1S/C18H24FNO.C14H21NS/c1-13(21)18(10-14-4-2-5-14)20-9-8-16(12-20)15-6-3-7-17(19)11-15;1-15-10-7-13(8-11-15)9-12-16-14-5-3-2-4-6-14/h3,6-7,11,14,16,18,21H,1-2,4-5,8-10,12H2;2-6,13H,7-12H2,1H3. The molecule has 2 heterocycles. The fourth-order valence-electron chi connectivity index (χ4n) is 5.85. The van der Waals surface area contributed by atoms with E-state index in [0.29, 0.717) is 11.7 Å². The largest absolute Gasteiger partial charge is 0.511 e. The first-order chi connectivity index (χ1) is 18.0. The van der Waals surface area contributed by atoms with Crippen molar-refractivity contribution in [2.45, 2.75) is 68.2 Å². The van der Waals surface area contributed by atoms with Crippen molar-refractivity contribution in [3.63, 3.8) is 0 Å². The molecule has 2 unspecified atom stereocenters. The predicted molar refractivity (Wildman–Crippen MR) is 155 cm³/mol. The molecule has 37 heavy (non-hydrogen) atoms. The van der Waals surface area contributed by atoms with Gasteiger partial charge in [-0.15, -0.1) is 11.8 Å². The van der Waals surface area contributed by atoms with E-state index in [9.17, 15) is 9.50 Å². The Balaban J connectivity index is 0.000000180. The highest BCUT2D eigenvalue weighted by molar-refractivity contribution is 7.99. The zero-order valence-corrected chi connectivity index (χ0v) is 23.3. The Morgan fingerprint density at radius 2 is 1.76 bits per heavy atom. The summed E-state index contributed by atoms with van der Waals surface area (Å²) in [6, 6.07) is 17.7. The molecule has 0 aromatic heterocycles. The molecule has 0 radical (unpaired) electrons. The van der Waals surface area contributed by atoms with E-state index < -0.39 is 0 Å².